The molecule has 1 N–H and O–H groups in total. The first-order chi connectivity index (χ1) is 16.7. The lowest BCUT2D eigenvalue weighted by molar-refractivity contribution is -0.384. The van der Waals surface area contributed by atoms with Crippen LogP contribution in [0.4, 0.5) is 17.1 Å². The Hall–Kier alpha value is -4.48. The molecule has 0 unspecified atom stereocenters. The molecule has 0 radical (unpaired) electrons. The number of nitro groups is 1. The Labute approximate surface area is 199 Å². The molecule has 1 heterocycles. The first kappa shape index (κ1) is 25.1. The fraction of sp³-hybridized carbons (Fsp3) is 0.304. The van der Waals surface area contributed by atoms with Gasteiger partial charge in [0, 0.05) is 24.7 Å². The molecule has 1 aliphatic heterocycles. The predicted octanol–water partition coefficient (Wildman–Crippen LogP) is 2.31. The second-order valence-corrected chi connectivity index (χ2v) is 7.47. The van der Waals surface area contributed by atoms with Gasteiger partial charge >= 0.3 is 11.9 Å². The number of ether oxygens (including phenoxy) is 3. The minimum atomic E-state index is -0.820. The Bertz CT molecular complexity index is 1150. The molecule has 12 heteroatoms. The summed E-state index contributed by atoms with van der Waals surface area (Å²) in [5, 5.41) is 13.5. The van der Waals surface area contributed by atoms with Gasteiger partial charge < -0.3 is 24.4 Å². The average Bonchev–Trinajstić information content (AvgIpc) is 3.24. The number of carbonyl (C=O) groups excluding carboxylic acids is 4. The van der Waals surface area contributed by atoms with E-state index in [2.05, 4.69) is 5.32 Å². The molecule has 0 spiro atoms. The molecule has 1 aliphatic rings. The molecule has 0 aromatic heterocycles. The van der Waals surface area contributed by atoms with Gasteiger partial charge in [0.1, 0.15) is 5.75 Å². The van der Waals surface area contributed by atoms with E-state index in [1.54, 1.807) is 6.92 Å². The van der Waals surface area contributed by atoms with Gasteiger partial charge in [-0.15, -0.1) is 0 Å². The molecule has 3 rings (SSSR count). The highest BCUT2D eigenvalue weighted by Crippen LogP contribution is 2.36. The van der Waals surface area contributed by atoms with Crippen LogP contribution in [-0.4, -0.2) is 55.5 Å². The Morgan fingerprint density at radius 1 is 1.14 bits per heavy atom. The lowest BCUT2D eigenvalue weighted by Gasteiger charge is -2.19. The smallest absolute Gasteiger partial charge is 0.338 e. The van der Waals surface area contributed by atoms with Gasteiger partial charge in [0.2, 0.25) is 5.91 Å². The van der Waals surface area contributed by atoms with E-state index in [0.29, 0.717) is 16.9 Å². The van der Waals surface area contributed by atoms with Gasteiger partial charge in [-0.2, -0.15) is 0 Å². The average molecular weight is 485 g/mol. The number of anilines is 2. The monoisotopic (exact) mass is 485 g/mol. The van der Waals surface area contributed by atoms with Crippen LogP contribution >= 0.6 is 0 Å². The molecule has 184 valence electrons. The Balaban J connectivity index is 1.55. The highest BCUT2D eigenvalue weighted by molar-refractivity contribution is 6.01. The summed E-state index contributed by atoms with van der Waals surface area (Å²) in [5.74, 6) is -2.89. The summed E-state index contributed by atoms with van der Waals surface area (Å²) < 4.78 is 15.1. The first-order valence-corrected chi connectivity index (χ1v) is 10.6. The quantitative estimate of drug-likeness (QED) is 0.320. The van der Waals surface area contributed by atoms with Crippen LogP contribution in [0, 0.1) is 16.0 Å². The number of hydrogen-bond donors (Lipinski definition) is 1. The molecule has 0 aliphatic carbocycles. The lowest BCUT2D eigenvalue weighted by Crippen LogP contribution is -2.28. The SMILES string of the molecule is CCOC(=O)c1ccc(NC(=O)COC(=O)[C@@H]2CC(=O)N(c3ccc([N+](=O)[O-])cc3OC)C2)cc1. The van der Waals surface area contributed by atoms with Gasteiger partial charge in [-0.1, -0.05) is 0 Å². The Morgan fingerprint density at radius 3 is 2.49 bits per heavy atom. The Kier molecular flexibility index (Phi) is 7.97. The molecule has 35 heavy (non-hydrogen) atoms. The number of hydrogen-bond acceptors (Lipinski definition) is 9. The van der Waals surface area contributed by atoms with E-state index in [-0.39, 0.29) is 36.9 Å². The van der Waals surface area contributed by atoms with Crippen LogP contribution in [0.15, 0.2) is 42.5 Å². The van der Waals surface area contributed by atoms with Gasteiger partial charge in [-0.25, -0.2) is 4.79 Å². The normalized spacial score (nSPS) is 14.9. The van der Waals surface area contributed by atoms with E-state index in [1.807, 2.05) is 0 Å². The highest BCUT2D eigenvalue weighted by Gasteiger charge is 2.37. The van der Waals surface area contributed by atoms with E-state index in [0.717, 1.165) is 0 Å². The van der Waals surface area contributed by atoms with E-state index >= 15 is 0 Å². The fourth-order valence-corrected chi connectivity index (χ4v) is 3.46. The van der Waals surface area contributed by atoms with E-state index in [1.165, 1.54) is 54.5 Å². The van der Waals surface area contributed by atoms with E-state index < -0.39 is 35.3 Å². The third-order valence-corrected chi connectivity index (χ3v) is 5.15. The van der Waals surface area contributed by atoms with Crippen LogP contribution in [0.2, 0.25) is 0 Å². The summed E-state index contributed by atoms with van der Waals surface area (Å²) >= 11 is 0. The van der Waals surface area contributed by atoms with Crippen molar-refractivity contribution in [3.05, 3.63) is 58.1 Å². The van der Waals surface area contributed by atoms with Crippen molar-refractivity contribution in [3.8, 4) is 5.75 Å². The van der Waals surface area contributed by atoms with Crippen molar-refractivity contribution in [2.75, 3.05) is 37.1 Å². The number of amides is 2. The maximum atomic E-state index is 12.5. The second-order valence-electron chi connectivity index (χ2n) is 7.47. The summed E-state index contributed by atoms with van der Waals surface area (Å²) in [6, 6.07) is 9.81. The van der Waals surface area contributed by atoms with Crippen LogP contribution in [0.25, 0.3) is 0 Å². The summed E-state index contributed by atoms with van der Waals surface area (Å²) in [6.45, 7) is 1.35. The van der Waals surface area contributed by atoms with E-state index in [9.17, 15) is 29.3 Å². The number of esters is 2. The van der Waals surface area contributed by atoms with Gasteiger partial charge in [-0.05, 0) is 37.3 Å². The minimum absolute atomic E-state index is 0.0250. The molecule has 12 nitrogen and oxygen atoms in total. The highest BCUT2D eigenvalue weighted by atomic mass is 16.6. The topological polar surface area (TPSA) is 154 Å². The molecule has 1 fully saturated rings. The van der Waals surface area contributed by atoms with Crippen LogP contribution in [0.5, 0.6) is 5.75 Å². The largest absolute Gasteiger partial charge is 0.494 e. The number of methoxy groups -OCH3 is 1. The van der Waals surface area contributed by atoms with Gasteiger partial charge in [0.25, 0.3) is 11.6 Å². The van der Waals surface area contributed by atoms with Crippen molar-refractivity contribution in [1.82, 2.24) is 0 Å². The minimum Gasteiger partial charge on any atom is -0.494 e. The van der Waals surface area contributed by atoms with E-state index in [4.69, 9.17) is 14.2 Å². The van der Waals surface area contributed by atoms with Crippen molar-refractivity contribution in [3.63, 3.8) is 0 Å². The van der Waals surface area contributed by atoms with Gasteiger partial charge in [0.05, 0.1) is 41.9 Å². The third-order valence-electron chi connectivity index (χ3n) is 5.15. The van der Waals surface area contributed by atoms with Gasteiger partial charge in [0.15, 0.2) is 6.61 Å². The third kappa shape index (κ3) is 6.10. The maximum Gasteiger partial charge on any atom is 0.338 e. The molecule has 2 amide bonds. The standard InChI is InChI=1S/C23H23N3O9/c1-3-34-22(29)14-4-6-16(7-5-14)24-20(27)13-35-23(30)15-10-21(28)25(12-15)18-9-8-17(26(31)32)11-19(18)33-2/h4-9,11,15H,3,10,12-13H2,1-2H3,(H,24,27)/t15-/m1/s1. The molecule has 2 aromatic rings. The molecular formula is C23H23N3O9. The van der Waals surface area contributed by atoms with Crippen molar-refractivity contribution in [2.24, 2.45) is 5.92 Å². The fourth-order valence-electron chi connectivity index (χ4n) is 3.46. The predicted molar refractivity (Wildman–Crippen MR) is 122 cm³/mol. The number of nitrogens with one attached hydrogen (secondary N) is 1. The number of non-ortho nitro benzene ring substituents is 1. The van der Waals surface area contributed by atoms with Crippen molar-refractivity contribution in [2.45, 2.75) is 13.3 Å². The number of benzene rings is 2. The molecule has 2 aromatic carbocycles. The number of rotatable bonds is 9. The number of carbonyl (C=O) groups is 4. The van der Waals surface area contributed by atoms with Gasteiger partial charge in [-0.3, -0.25) is 24.5 Å². The summed E-state index contributed by atoms with van der Waals surface area (Å²) in [6.07, 6.45) is -0.143. The number of nitrogens with zero attached hydrogens (tertiary/aromatic N) is 2. The second kappa shape index (κ2) is 11.1. The molecular weight excluding hydrogens is 462 g/mol. The van der Waals surface area contributed by atoms with Crippen LogP contribution in [0.1, 0.15) is 23.7 Å². The maximum absolute atomic E-state index is 12.5. The zero-order valence-corrected chi connectivity index (χ0v) is 19.0. The molecule has 1 atom stereocenters. The zero-order valence-electron chi connectivity index (χ0n) is 19.0. The van der Waals surface area contributed by atoms with Crippen LogP contribution in [0.3, 0.4) is 0 Å². The molecule has 0 saturated carbocycles. The summed E-state index contributed by atoms with van der Waals surface area (Å²) in [4.78, 5) is 60.4. The summed E-state index contributed by atoms with van der Waals surface area (Å²) in [5.41, 5.74) is 0.820. The lowest BCUT2D eigenvalue weighted by atomic mass is 10.1. The number of nitro benzene ring substituents is 1. The van der Waals surface area contributed by atoms with Crippen molar-refractivity contribution >= 4 is 40.8 Å². The zero-order chi connectivity index (χ0) is 25.5. The first-order valence-electron chi connectivity index (χ1n) is 10.6. The van der Waals surface area contributed by atoms with Crippen molar-refractivity contribution in [1.29, 1.82) is 0 Å². The van der Waals surface area contributed by atoms with Crippen molar-refractivity contribution < 1.29 is 38.3 Å². The Morgan fingerprint density at radius 2 is 1.86 bits per heavy atom. The molecule has 0 bridgehead atoms. The van der Waals surface area contributed by atoms with Crippen LogP contribution < -0.4 is 15.0 Å². The van der Waals surface area contributed by atoms with Crippen LogP contribution in [-0.2, 0) is 23.9 Å². The molecule has 1 saturated heterocycles. The summed E-state index contributed by atoms with van der Waals surface area (Å²) in [7, 11) is 1.32.